The van der Waals surface area contributed by atoms with Gasteiger partial charge in [0.15, 0.2) is 0 Å². The number of amides is 3. The van der Waals surface area contributed by atoms with E-state index in [2.05, 4.69) is 5.32 Å². The third kappa shape index (κ3) is 5.44. The highest BCUT2D eigenvalue weighted by molar-refractivity contribution is 8.18. The lowest BCUT2D eigenvalue weighted by molar-refractivity contribution is -0.384. The van der Waals surface area contributed by atoms with Crippen molar-refractivity contribution in [3.05, 3.63) is 86.0 Å². The lowest BCUT2D eigenvalue weighted by Gasteiger charge is -2.12. The summed E-state index contributed by atoms with van der Waals surface area (Å²) in [6, 6.07) is 14.7. The Bertz CT molecular complexity index is 1370. The van der Waals surface area contributed by atoms with Crippen molar-refractivity contribution in [2.75, 3.05) is 11.9 Å². The molecule has 0 bridgehead atoms. The van der Waals surface area contributed by atoms with Crippen LogP contribution in [0.2, 0.25) is 5.02 Å². The van der Waals surface area contributed by atoms with Crippen molar-refractivity contribution in [2.24, 2.45) is 0 Å². The molecule has 9 nitrogen and oxygen atoms in total. The number of hydrogen-bond donors (Lipinski definition) is 1. The van der Waals surface area contributed by atoms with Crippen molar-refractivity contribution in [3.8, 4) is 11.3 Å². The normalized spacial score (nSPS) is 14.6. The first-order chi connectivity index (χ1) is 16.7. The summed E-state index contributed by atoms with van der Waals surface area (Å²) in [5.74, 6) is -0.522. The van der Waals surface area contributed by atoms with Crippen LogP contribution in [0.3, 0.4) is 0 Å². The Balaban J connectivity index is 1.45. The first kappa shape index (κ1) is 24.2. The summed E-state index contributed by atoms with van der Waals surface area (Å²) >= 11 is 6.54. The van der Waals surface area contributed by atoms with E-state index in [-0.39, 0.29) is 21.4 Å². The molecule has 178 valence electrons. The topological polar surface area (TPSA) is 123 Å². The summed E-state index contributed by atoms with van der Waals surface area (Å²) in [5, 5.41) is 13.2. The standard InChI is InChI=1S/C24H18ClN3O6S/c1-2-14-3-6-16(7-4-14)26-22(29)13-27-23(30)21(35-24(27)31)12-17-8-10-20(34-17)15-5-9-18(25)19(11-15)28(32)33/h3-12H,2,13H2,1H3,(H,26,29)/b21-12+. The highest BCUT2D eigenvalue weighted by Crippen LogP contribution is 2.35. The zero-order chi connectivity index (χ0) is 25.1. The van der Waals surface area contributed by atoms with Gasteiger partial charge in [0.05, 0.1) is 9.83 Å². The van der Waals surface area contributed by atoms with Gasteiger partial charge in [0.1, 0.15) is 23.1 Å². The molecule has 1 saturated heterocycles. The van der Waals surface area contributed by atoms with E-state index < -0.39 is 28.5 Å². The lowest BCUT2D eigenvalue weighted by atomic mass is 10.1. The molecule has 0 spiro atoms. The second-order valence-corrected chi connectivity index (χ2v) is 8.89. The molecule has 0 aliphatic carbocycles. The van der Waals surface area contributed by atoms with E-state index in [4.69, 9.17) is 16.0 Å². The van der Waals surface area contributed by atoms with E-state index in [0.717, 1.165) is 16.9 Å². The Morgan fingerprint density at radius 1 is 1.17 bits per heavy atom. The number of hydrogen-bond acceptors (Lipinski definition) is 7. The van der Waals surface area contributed by atoms with Crippen LogP contribution >= 0.6 is 23.4 Å². The SMILES string of the molecule is CCc1ccc(NC(=O)CN2C(=O)S/C(=C/c3ccc(-c4ccc(Cl)c([N+](=O)[O-])c4)o3)C2=O)cc1. The fourth-order valence-electron chi connectivity index (χ4n) is 3.32. The average Bonchev–Trinajstić information content (AvgIpc) is 3.40. The Morgan fingerprint density at radius 2 is 1.91 bits per heavy atom. The first-order valence-corrected chi connectivity index (χ1v) is 11.6. The number of nitro groups is 1. The van der Waals surface area contributed by atoms with Crippen molar-refractivity contribution in [2.45, 2.75) is 13.3 Å². The minimum Gasteiger partial charge on any atom is -0.457 e. The summed E-state index contributed by atoms with van der Waals surface area (Å²) in [4.78, 5) is 48.9. The molecule has 4 rings (SSSR count). The van der Waals surface area contributed by atoms with Gasteiger partial charge >= 0.3 is 0 Å². The number of thioether (sulfide) groups is 1. The highest BCUT2D eigenvalue weighted by Gasteiger charge is 2.36. The maximum atomic E-state index is 12.7. The number of nitrogens with one attached hydrogen (secondary N) is 1. The molecule has 1 fully saturated rings. The van der Waals surface area contributed by atoms with Crippen LogP contribution in [0.25, 0.3) is 17.4 Å². The van der Waals surface area contributed by atoms with E-state index in [1.165, 1.54) is 18.2 Å². The predicted molar refractivity (Wildman–Crippen MR) is 133 cm³/mol. The largest absolute Gasteiger partial charge is 0.457 e. The van der Waals surface area contributed by atoms with Crippen LogP contribution in [-0.4, -0.2) is 33.4 Å². The molecule has 1 aromatic heterocycles. The van der Waals surface area contributed by atoms with Gasteiger partial charge < -0.3 is 9.73 Å². The summed E-state index contributed by atoms with van der Waals surface area (Å²) in [6.07, 6.45) is 2.26. The Hall–Kier alpha value is -3.89. The van der Waals surface area contributed by atoms with E-state index in [1.54, 1.807) is 30.3 Å². The second kappa shape index (κ2) is 10.2. The van der Waals surface area contributed by atoms with Gasteiger partial charge in [-0.3, -0.25) is 29.4 Å². The number of anilines is 1. The average molecular weight is 512 g/mol. The molecule has 2 heterocycles. The molecule has 2 aromatic carbocycles. The van der Waals surface area contributed by atoms with E-state index >= 15 is 0 Å². The highest BCUT2D eigenvalue weighted by atomic mass is 35.5. The van der Waals surface area contributed by atoms with Gasteiger partial charge in [-0.1, -0.05) is 30.7 Å². The van der Waals surface area contributed by atoms with Crippen molar-refractivity contribution in [1.29, 1.82) is 0 Å². The number of carbonyl (C=O) groups excluding carboxylic acids is 3. The van der Waals surface area contributed by atoms with Crippen molar-refractivity contribution in [3.63, 3.8) is 0 Å². The quantitative estimate of drug-likeness (QED) is 0.243. The molecule has 0 unspecified atom stereocenters. The van der Waals surface area contributed by atoms with Crippen LogP contribution in [-0.2, 0) is 16.0 Å². The molecule has 0 atom stereocenters. The number of benzene rings is 2. The van der Waals surface area contributed by atoms with Crippen LogP contribution in [0.5, 0.6) is 0 Å². The monoisotopic (exact) mass is 511 g/mol. The number of halogens is 1. The molecular formula is C24H18ClN3O6S. The van der Waals surface area contributed by atoms with Gasteiger partial charge in [0.2, 0.25) is 5.91 Å². The Labute approximate surface area is 208 Å². The van der Waals surface area contributed by atoms with Crippen molar-refractivity contribution >= 4 is 57.9 Å². The van der Waals surface area contributed by atoms with Crippen LogP contribution < -0.4 is 5.32 Å². The van der Waals surface area contributed by atoms with Gasteiger partial charge in [0.25, 0.3) is 16.8 Å². The zero-order valence-electron chi connectivity index (χ0n) is 18.3. The summed E-state index contributed by atoms with van der Waals surface area (Å²) in [7, 11) is 0. The van der Waals surface area contributed by atoms with Gasteiger partial charge in [-0.25, -0.2) is 0 Å². The van der Waals surface area contributed by atoms with Gasteiger partial charge in [-0.05, 0) is 60.1 Å². The maximum absolute atomic E-state index is 12.7. The number of rotatable bonds is 7. The second-order valence-electron chi connectivity index (χ2n) is 7.49. The van der Waals surface area contributed by atoms with Crippen LogP contribution in [0, 0.1) is 10.1 Å². The third-order valence-corrected chi connectivity index (χ3v) is 6.38. The molecular weight excluding hydrogens is 494 g/mol. The van der Waals surface area contributed by atoms with Crippen LogP contribution in [0.4, 0.5) is 16.2 Å². The van der Waals surface area contributed by atoms with Crippen LogP contribution in [0.15, 0.2) is 63.9 Å². The molecule has 0 radical (unpaired) electrons. The fraction of sp³-hybridized carbons (Fsp3) is 0.125. The minimum atomic E-state index is -0.614. The summed E-state index contributed by atoms with van der Waals surface area (Å²) in [5.41, 5.74) is 1.86. The number of imide groups is 1. The summed E-state index contributed by atoms with van der Waals surface area (Å²) < 4.78 is 5.69. The molecule has 0 saturated carbocycles. The molecule has 3 aromatic rings. The molecule has 1 aliphatic rings. The number of aryl methyl sites for hydroxylation is 1. The van der Waals surface area contributed by atoms with E-state index in [1.807, 2.05) is 19.1 Å². The number of nitrogens with zero attached hydrogens (tertiary/aromatic N) is 2. The maximum Gasteiger partial charge on any atom is 0.294 e. The molecule has 3 amide bonds. The van der Waals surface area contributed by atoms with E-state index in [0.29, 0.717) is 28.8 Å². The van der Waals surface area contributed by atoms with Crippen LogP contribution in [0.1, 0.15) is 18.2 Å². The van der Waals surface area contributed by atoms with E-state index in [9.17, 15) is 24.5 Å². The first-order valence-electron chi connectivity index (χ1n) is 10.4. The molecule has 1 aliphatic heterocycles. The zero-order valence-corrected chi connectivity index (χ0v) is 19.9. The smallest absolute Gasteiger partial charge is 0.294 e. The lowest BCUT2D eigenvalue weighted by Crippen LogP contribution is -2.36. The third-order valence-electron chi connectivity index (χ3n) is 5.15. The predicted octanol–water partition coefficient (Wildman–Crippen LogP) is 5.75. The Kier molecular flexibility index (Phi) is 7.04. The Morgan fingerprint density at radius 3 is 2.60 bits per heavy atom. The number of furan rings is 1. The number of nitro benzene ring substituents is 1. The minimum absolute atomic E-state index is 0.00112. The van der Waals surface area contributed by atoms with Gasteiger partial charge in [-0.15, -0.1) is 0 Å². The van der Waals surface area contributed by atoms with Crippen molar-refractivity contribution < 1.29 is 23.7 Å². The molecule has 35 heavy (non-hydrogen) atoms. The molecule has 1 N–H and O–H groups in total. The van der Waals surface area contributed by atoms with Gasteiger partial charge in [-0.2, -0.15) is 0 Å². The fourth-order valence-corrected chi connectivity index (χ4v) is 4.33. The number of carbonyl (C=O) groups is 3. The summed E-state index contributed by atoms with van der Waals surface area (Å²) in [6.45, 7) is 1.60. The van der Waals surface area contributed by atoms with Gasteiger partial charge in [0, 0.05) is 23.4 Å². The molecule has 11 heteroatoms. The van der Waals surface area contributed by atoms with Crippen molar-refractivity contribution in [1.82, 2.24) is 4.90 Å².